The molecule has 0 bridgehead atoms. The topological polar surface area (TPSA) is 64.6 Å². The van der Waals surface area contributed by atoms with E-state index in [2.05, 4.69) is 18.8 Å². The minimum absolute atomic E-state index is 0.0612. The molecule has 5 heteroatoms. The van der Waals surface area contributed by atoms with Crippen molar-refractivity contribution in [3.63, 3.8) is 0 Å². The highest BCUT2D eigenvalue weighted by Crippen LogP contribution is 2.07. The second kappa shape index (κ2) is 12.2. The maximum absolute atomic E-state index is 12.0. The van der Waals surface area contributed by atoms with Gasteiger partial charge in [-0.25, -0.2) is 9.59 Å². The first-order valence-electron chi connectivity index (χ1n) is 7.73. The molecule has 5 nitrogen and oxygen atoms in total. The van der Waals surface area contributed by atoms with E-state index in [1.807, 2.05) is 13.8 Å². The van der Waals surface area contributed by atoms with Gasteiger partial charge in [0.25, 0.3) is 0 Å². The van der Waals surface area contributed by atoms with Crippen LogP contribution in [0.25, 0.3) is 0 Å². The molecule has 0 rings (SSSR count). The highest BCUT2D eigenvalue weighted by Gasteiger charge is 2.26. The number of rotatable bonds is 11. The SMILES string of the molecule is C=CCOC(=O)NC(C(=O)OCCCCCCC)C(C)C. The third-order valence-electron chi connectivity index (χ3n) is 3.02. The van der Waals surface area contributed by atoms with Crippen LogP contribution in [0, 0.1) is 5.92 Å². The van der Waals surface area contributed by atoms with Gasteiger partial charge in [0.05, 0.1) is 6.61 Å². The van der Waals surface area contributed by atoms with Crippen LogP contribution in [0.1, 0.15) is 52.9 Å². The van der Waals surface area contributed by atoms with Gasteiger partial charge in [-0.15, -0.1) is 0 Å². The first-order valence-corrected chi connectivity index (χ1v) is 7.73. The molecule has 0 saturated heterocycles. The fourth-order valence-corrected chi connectivity index (χ4v) is 1.77. The molecule has 0 radical (unpaired) electrons. The summed E-state index contributed by atoms with van der Waals surface area (Å²) >= 11 is 0. The molecule has 21 heavy (non-hydrogen) atoms. The highest BCUT2D eigenvalue weighted by molar-refractivity contribution is 5.81. The summed E-state index contributed by atoms with van der Waals surface area (Å²) in [4.78, 5) is 23.5. The van der Waals surface area contributed by atoms with Gasteiger partial charge in [0.1, 0.15) is 12.6 Å². The Labute approximate surface area is 128 Å². The number of unbranched alkanes of at least 4 members (excludes halogenated alkanes) is 4. The Morgan fingerprint density at radius 2 is 1.81 bits per heavy atom. The number of carbonyl (C=O) groups excluding carboxylic acids is 2. The molecule has 0 aromatic rings. The summed E-state index contributed by atoms with van der Waals surface area (Å²) in [5.41, 5.74) is 0. The van der Waals surface area contributed by atoms with Crippen LogP contribution in [0.3, 0.4) is 0 Å². The predicted octanol–water partition coefficient (Wildman–Crippen LogP) is 3.44. The van der Waals surface area contributed by atoms with E-state index in [0.717, 1.165) is 19.3 Å². The van der Waals surface area contributed by atoms with Crippen LogP contribution in [0.15, 0.2) is 12.7 Å². The zero-order chi connectivity index (χ0) is 16.1. The maximum atomic E-state index is 12.0. The van der Waals surface area contributed by atoms with E-state index in [4.69, 9.17) is 9.47 Å². The molecule has 0 fully saturated rings. The number of esters is 1. The number of carbonyl (C=O) groups is 2. The molecular weight excluding hydrogens is 270 g/mol. The van der Waals surface area contributed by atoms with Crippen LogP contribution in [0.4, 0.5) is 4.79 Å². The summed E-state index contributed by atoms with van der Waals surface area (Å²) in [7, 11) is 0. The van der Waals surface area contributed by atoms with E-state index < -0.39 is 18.1 Å². The van der Waals surface area contributed by atoms with E-state index in [-0.39, 0.29) is 12.5 Å². The van der Waals surface area contributed by atoms with Crippen molar-refractivity contribution in [2.45, 2.75) is 58.9 Å². The Hall–Kier alpha value is -1.52. The number of ether oxygens (including phenoxy) is 2. The monoisotopic (exact) mass is 299 g/mol. The number of hydrogen-bond acceptors (Lipinski definition) is 4. The molecule has 1 atom stereocenters. The smallest absolute Gasteiger partial charge is 0.408 e. The fraction of sp³-hybridized carbons (Fsp3) is 0.750. The maximum Gasteiger partial charge on any atom is 0.408 e. The number of amides is 1. The molecular formula is C16H29NO4. The van der Waals surface area contributed by atoms with E-state index in [1.54, 1.807) is 0 Å². The van der Waals surface area contributed by atoms with E-state index in [1.165, 1.54) is 18.9 Å². The summed E-state index contributed by atoms with van der Waals surface area (Å²) in [6, 6.07) is -0.682. The zero-order valence-electron chi connectivity index (χ0n) is 13.5. The van der Waals surface area contributed by atoms with Crippen LogP contribution >= 0.6 is 0 Å². The number of alkyl carbamates (subject to hydrolysis) is 1. The lowest BCUT2D eigenvalue weighted by atomic mass is 10.1. The fourth-order valence-electron chi connectivity index (χ4n) is 1.77. The Morgan fingerprint density at radius 1 is 1.14 bits per heavy atom. The molecule has 0 aliphatic heterocycles. The normalized spacial score (nSPS) is 11.8. The summed E-state index contributed by atoms with van der Waals surface area (Å²) in [5, 5.41) is 2.53. The molecule has 0 aromatic heterocycles. The zero-order valence-corrected chi connectivity index (χ0v) is 13.5. The third-order valence-corrected chi connectivity index (χ3v) is 3.02. The predicted molar refractivity (Wildman–Crippen MR) is 83.0 cm³/mol. The molecule has 0 spiro atoms. The first kappa shape index (κ1) is 19.5. The summed E-state index contributed by atoms with van der Waals surface area (Å²) in [6.07, 6.45) is 6.31. The van der Waals surface area contributed by atoms with E-state index in [0.29, 0.717) is 6.61 Å². The Kier molecular flexibility index (Phi) is 11.4. The van der Waals surface area contributed by atoms with Crippen molar-refractivity contribution in [2.24, 2.45) is 5.92 Å². The lowest BCUT2D eigenvalue weighted by Gasteiger charge is -2.20. The van der Waals surface area contributed by atoms with Crippen LogP contribution in [-0.2, 0) is 14.3 Å². The van der Waals surface area contributed by atoms with Crippen molar-refractivity contribution < 1.29 is 19.1 Å². The van der Waals surface area contributed by atoms with Crippen LogP contribution < -0.4 is 5.32 Å². The van der Waals surface area contributed by atoms with Crippen LogP contribution in [-0.4, -0.2) is 31.3 Å². The van der Waals surface area contributed by atoms with Crippen molar-refractivity contribution in [2.75, 3.05) is 13.2 Å². The molecule has 0 aliphatic carbocycles. The average molecular weight is 299 g/mol. The quantitative estimate of drug-likeness (QED) is 0.360. The summed E-state index contributed by atoms with van der Waals surface area (Å²) in [5.74, 6) is -0.468. The second-order valence-electron chi connectivity index (χ2n) is 5.33. The van der Waals surface area contributed by atoms with Crippen LogP contribution in [0.2, 0.25) is 0 Å². The van der Waals surface area contributed by atoms with Crippen molar-refractivity contribution in [1.29, 1.82) is 0 Å². The Bertz CT molecular complexity index is 315. The standard InChI is InChI=1S/C16H29NO4/c1-5-7-8-9-10-12-20-15(18)14(13(3)4)17-16(19)21-11-6-2/h6,13-14H,2,5,7-12H2,1,3-4H3,(H,17,19). The van der Waals surface area contributed by atoms with Crippen LogP contribution in [0.5, 0.6) is 0 Å². The highest BCUT2D eigenvalue weighted by atomic mass is 16.6. The second-order valence-corrected chi connectivity index (χ2v) is 5.33. The number of hydrogen-bond donors (Lipinski definition) is 1. The largest absolute Gasteiger partial charge is 0.464 e. The third kappa shape index (κ3) is 9.93. The minimum Gasteiger partial charge on any atom is -0.464 e. The van der Waals surface area contributed by atoms with Gasteiger partial charge in [-0.05, 0) is 12.3 Å². The van der Waals surface area contributed by atoms with Gasteiger partial charge < -0.3 is 14.8 Å². The molecule has 1 unspecified atom stereocenters. The van der Waals surface area contributed by atoms with Gasteiger partial charge >= 0.3 is 12.1 Å². The van der Waals surface area contributed by atoms with Gasteiger partial charge in [0.15, 0.2) is 0 Å². The van der Waals surface area contributed by atoms with Crippen molar-refractivity contribution in [3.8, 4) is 0 Å². The molecule has 0 aromatic carbocycles. The van der Waals surface area contributed by atoms with Gasteiger partial charge in [0.2, 0.25) is 0 Å². The molecule has 1 amide bonds. The lowest BCUT2D eigenvalue weighted by molar-refractivity contribution is -0.147. The summed E-state index contributed by atoms with van der Waals surface area (Å²) < 4.78 is 10.0. The van der Waals surface area contributed by atoms with E-state index >= 15 is 0 Å². The Balaban J connectivity index is 4.06. The molecule has 0 aliphatic rings. The Morgan fingerprint density at radius 3 is 2.38 bits per heavy atom. The van der Waals surface area contributed by atoms with Gasteiger partial charge in [-0.2, -0.15) is 0 Å². The van der Waals surface area contributed by atoms with E-state index in [9.17, 15) is 9.59 Å². The van der Waals surface area contributed by atoms with Gasteiger partial charge in [0, 0.05) is 0 Å². The first-order chi connectivity index (χ1) is 10.0. The minimum atomic E-state index is -0.682. The van der Waals surface area contributed by atoms with Crippen molar-refractivity contribution >= 4 is 12.1 Å². The van der Waals surface area contributed by atoms with Gasteiger partial charge in [-0.3, -0.25) is 0 Å². The van der Waals surface area contributed by atoms with Crippen molar-refractivity contribution in [3.05, 3.63) is 12.7 Å². The van der Waals surface area contributed by atoms with Gasteiger partial charge in [-0.1, -0.05) is 59.1 Å². The molecule has 0 saturated carbocycles. The molecule has 122 valence electrons. The van der Waals surface area contributed by atoms with Crippen molar-refractivity contribution in [1.82, 2.24) is 5.32 Å². The number of nitrogens with one attached hydrogen (secondary N) is 1. The molecule has 1 N–H and O–H groups in total. The lowest BCUT2D eigenvalue weighted by Crippen LogP contribution is -2.45. The summed E-state index contributed by atoms with van der Waals surface area (Å²) in [6.45, 7) is 9.82. The average Bonchev–Trinajstić information content (AvgIpc) is 2.45. The molecule has 0 heterocycles.